The Morgan fingerprint density at radius 2 is 1.52 bits per heavy atom. The van der Waals surface area contributed by atoms with Crippen molar-refractivity contribution in [3.63, 3.8) is 0 Å². The molecule has 0 radical (unpaired) electrons. The van der Waals surface area contributed by atoms with Crippen molar-refractivity contribution in [1.29, 1.82) is 0 Å². The number of piperidine rings is 1. The molecule has 1 saturated heterocycles. The number of nitrogens with one attached hydrogen (secondary N) is 1. The van der Waals surface area contributed by atoms with Gasteiger partial charge in [0.05, 0.1) is 0 Å². The molecular weight excluding hydrogens is 352 g/mol. The van der Waals surface area contributed by atoms with Gasteiger partial charge < -0.3 is 20.0 Å². The van der Waals surface area contributed by atoms with Gasteiger partial charge in [0.1, 0.15) is 0 Å². The Kier molecular flexibility index (Phi) is 11.0. The maximum atomic E-state index is 5.97. The summed E-state index contributed by atoms with van der Waals surface area (Å²) in [5.41, 5.74) is 0. The minimum absolute atomic E-state index is 0.592. The molecule has 2 fully saturated rings. The van der Waals surface area contributed by atoms with Gasteiger partial charge in [0, 0.05) is 18.6 Å². The van der Waals surface area contributed by atoms with Crippen LogP contribution in [0.2, 0.25) is 0 Å². The van der Waals surface area contributed by atoms with Crippen molar-refractivity contribution in [1.82, 2.24) is 20.0 Å². The fraction of sp³-hybridized carbons (Fsp3) is 0.955. The van der Waals surface area contributed by atoms with Crippen LogP contribution in [-0.2, 0) is 0 Å². The van der Waals surface area contributed by atoms with Gasteiger partial charge in [-0.3, -0.25) is 0 Å². The molecule has 1 aliphatic heterocycles. The Bertz CT molecular complexity index is 397. The van der Waals surface area contributed by atoms with Crippen LogP contribution in [0.5, 0.6) is 0 Å². The van der Waals surface area contributed by atoms with Crippen molar-refractivity contribution >= 4 is 17.3 Å². The number of thiocarbonyl (C=S) groups is 1. The summed E-state index contributed by atoms with van der Waals surface area (Å²) in [5, 5.41) is 4.83. The van der Waals surface area contributed by atoms with E-state index in [4.69, 9.17) is 12.2 Å². The Balaban J connectivity index is 1.91. The van der Waals surface area contributed by atoms with Crippen molar-refractivity contribution in [3.8, 4) is 0 Å². The smallest absolute Gasteiger partial charge is 0.169 e. The van der Waals surface area contributed by atoms with E-state index in [1.54, 1.807) is 0 Å². The summed E-state index contributed by atoms with van der Waals surface area (Å²) in [5.74, 6) is 0. The summed E-state index contributed by atoms with van der Waals surface area (Å²) >= 11 is 5.97. The second kappa shape index (κ2) is 12.9. The van der Waals surface area contributed by atoms with Gasteiger partial charge in [-0.15, -0.1) is 0 Å². The molecule has 4 nitrogen and oxygen atoms in total. The molecule has 2 aliphatic rings. The first-order valence-corrected chi connectivity index (χ1v) is 12.0. The molecule has 1 heterocycles. The molecular formula is C22H44N4S. The molecule has 0 atom stereocenters. The van der Waals surface area contributed by atoms with Crippen molar-refractivity contribution in [3.05, 3.63) is 0 Å². The average Bonchev–Trinajstić information content (AvgIpc) is 2.65. The van der Waals surface area contributed by atoms with Crippen molar-refractivity contribution in [2.24, 2.45) is 0 Å². The molecule has 0 bridgehead atoms. The minimum atomic E-state index is 0.592. The predicted molar refractivity (Wildman–Crippen MR) is 121 cm³/mol. The lowest BCUT2D eigenvalue weighted by atomic mass is 9.97. The van der Waals surface area contributed by atoms with Gasteiger partial charge >= 0.3 is 0 Å². The maximum Gasteiger partial charge on any atom is 0.169 e. The third kappa shape index (κ3) is 8.25. The van der Waals surface area contributed by atoms with Gasteiger partial charge in [-0.05, 0) is 84.1 Å². The summed E-state index contributed by atoms with van der Waals surface area (Å²) < 4.78 is 0. The van der Waals surface area contributed by atoms with Crippen molar-refractivity contribution in [2.45, 2.75) is 90.1 Å². The van der Waals surface area contributed by atoms with Crippen LogP contribution in [0, 0.1) is 0 Å². The van der Waals surface area contributed by atoms with Gasteiger partial charge in [-0.1, -0.05) is 46.0 Å². The van der Waals surface area contributed by atoms with Gasteiger partial charge in [-0.2, -0.15) is 0 Å². The Morgan fingerprint density at radius 3 is 2.11 bits per heavy atom. The highest BCUT2D eigenvalue weighted by molar-refractivity contribution is 7.80. The van der Waals surface area contributed by atoms with Gasteiger partial charge in [0.2, 0.25) is 0 Å². The number of hydrogen-bond acceptors (Lipinski definition) is 3. The standard InChI is InChI=1S/C22H44N4S/c1-4-25(5-2)16-11-17-26(21-14-18-24(3)19-15-21)22(27)23-20-12-9-7-6-8-10-13-20/h20-21H,4-19H2,1-3H3,(H,23,27). The van der Waals surface area contributed by atoms with Gasteiger partial charge in [-0.25, -0.2) is 0 Å². The van der Waals surface area contributed by atoms with E-state index in [2.05, 4.69) is 40.9 Å². The van der Waals surface area contributed by atoms with Crippen molar-refractivity contribution in [2.75, 3.05) is 46.3 Å². The normalized spacial score (nSPS) is 21.0. The zero-order valence-electron chi connectivity index (χ0n) is 18.2. The number of likely N-dealkylation sites (tertiary alicyclic amines) is 1. The molecule has 0 spiro atoms. The number of rotatable bonds is 8. The van der Waals surface area contributed by atoms with E-state index < -0.39 is 0 Å². The zero-order chi connectivity index (χ0) is 19.5. The van der Waals surface area contributed by atoms with Crippen molar-refractivity contribution < 1.29 is 0 Å². The second-order valence-electron chi connectivity index (χ2n) is 8.60. The minimum Gasteiger partial charge on any atom is -0.360 e. The van der Waals surface area contributed by atoms with E-state index in [0.29, 0.717) is 12.1 Å². The fourth-order valence-electron chi connectivity index (χ4n) is 4.62. The monoisotopic (exact) mass is 396 g/mol. The highest BCUT2D eigenvalue weighted by Gasteiger charge is 2.26. The number of hydrogen-bond donors (Lipinski definition) is 1. The maximum absolute atomic E-state index is 5.97. The van der Waals surface area contributed by atoms with E-state index in [1.807, 2.05) is 0 Å². The van der Waals surface area contributed by atoms with E-state index in [9.17, 15) is 0 Å². The first-order valence-electron chi connectivity index (χ1n) is 11.6. The Hall–Kier alpha value is -0.390. The van der Waals surface area contributed by atoms with Crippen LogP contribution in [0.1, 0.15) is 78.1 Å². The van der Waals surface area contributed by atoms with Crippen LogP contribution in [0.4, 0.5) is 0 Å². The van der Waals surface area contributed by atoms with Gasteiger partial charge in [0.15, 0.2) is 5.11 Å². The quantitative estimate of drug-likeness (QED) is 0.622. The molecule has 158 valence electrons. The molecule has 0 aromatic rings. The Labute approximate surface area is 174 Å². The summed E-state index contributed by atoms with van der Waals surface area (Å²) in [7, 11) is 2.24. The van der Waals surface area contributed by atoms with Gasteiger partial charge in [0.25, 0.3) is 0 Å². The first-order chi connectivity index (χ1) is 13.1. The Morgan fingerprint density at radius 1 is 0.926 bits per heavy atom. The van der Waals surface area contributed by atoms with Crippen LogP contribution in [0.25, 0.3) is 0 Å². The average molecular weight is 397 g/mol. The van der Waals surface area contributed by atoms with Crippen LogP contribution < -0.4 is 5.32 Å². The summed E-state index contributed by atoms with van der Waals surface area (Å²) in [6.45, 7) is 11.5. The molecule has 27 heavy (non-hydrogen) atoms. The molecule has 1 aliphatic carbocycles. The van der Waals surface area contributed by atoms with E-state index in [-0.39, 0.29) is 0 Å². The summed E-state index contributed by atoms with van der Waals surface area (Å²) in [6, 6.07) is 1.21. The lowest BCUT2D eigenvalue weighted by Gasteiger charge is -2.40. The lowest BCUT2D eigenvalue weighted by Crippen LogP contribution is -2.52. The van der Waals surface area contributed by atoms with E-state index in [0.717, 1.165) is 24.7 Å². The third-order valence-electron chi connectivity index (χ3n) is 6.59. The molecule has 1 saturated carbocycles. The van der Waals surface area contributed by atoms with Crippen LogP contribution in [0.3, 0.4) is 0 Å². The van der Waals surface area contributed by atoms with Crippen LogP contribution >= 0.6 is 12.2 Å². The topological polar surface area (TPSA) is 21.8 Å². The van der Waals surface area contributed by atoms with E-state index in [1.165, 1.54) is 83.8 Å². The highest BCUT2D eigenvalue weighted by atomic mass is 32.1. The lowest BCUT2D eigenvalue weighted by molar-refractivity contribution is 0.167. The first kappa shape index (κ1) is 22.9. The summed E-state index contributed by atoms with van der Waals surface area (Å²) in [4.78, 5) is 7.54. The molecule has 1 N–H and O–H groups in total. The predicted octanol–water partition coefficient (Wildman–Crippen LogP) is 4.10. The largest absolute Gasteiger partial charge is 0.360 e. The summed E-state index contributed by atoms with van der Waals surface area (Å²) in [6.07, 6.45) is 13.2. The third-order valence-corrected chi connectivity index (χ3v) is 6.94. The SMILES string of the molecule is CCN(CC)CCCN(C(=S)NC1CCCCCCC1)C1CCN(C)CC1. The fourth-order valence-corrected chi connectivity index (χ4v) is 5.03. The molecule has 0 aromatic carbocycles. The second-order valence-corrected chi connectivity index (χ2v) is 8.99. The molecule has 0 aromatic heterocycles. The van der Waals surface area contributed by atoms with Crippen LogP contribution in [-0.4, -0.2) is 78.2 Å². The zero-order valence-corrected chi connectivity index (χ0v) is 19.0. The highest BCUT2D eigenvalue weighted by Crippen LogP contribution is 2.20. The van der Waals surface area contributed by atoms with Crippen LogP contribution in [0.15, 0.2) is 0 Å². The molecule has 5 heteroatoms. The molecule has 2 rings (SSSR count). The van der Waals surface area contributed by atoms with E-state index >= 15 is 0 Å². The molecule has 0 amide bonds. The molecule has 0 unspecified atom stereocenters. The number of nitrogens with zero attached hydrogens (tertiary/aromatic N) is 3.